The van der Waals surface area contributed by atoms with Gasteiger partial charge < -0.3 is 8.94 Å². The zero-order valence-electron chi connectivity index (χ0n) is 11.8. The fourth-order valence-electron chi connectivity index (χ4n) is 2.37. The minimum atomic E-state index is -0.266. The van der Waals surface area contributed by atoms with E-state index in [4.69, 9.17) is 8.94 Å². The van der Waals surface area contributed by atoms with E-state index in [-0.39, 0.29) is 17.7 Å². The van der Waals surface area contributed by atoms with Gasteiger partial charge >= 0.3 is 0 Å². The summed E-state index contributed by atoms with van der Waals surface area (Å²) in [6.07, 6.45) is 2.15. The molecule has 110 valence electrons. The summed E-state index contributed by atoms with van der Waals surface area (Å²) in [5, 5.41) is 4.64. The lowest BCUT2D eigenvalue weighted by molar-refractivity contribution is 0.364. The lowest BCUT2D eigenvalue weighted by Crippen LogP contribution is -2.20. The molecule has 7 nitrogen and oxygen atoms in total. The molecule has 3 aromatic heterocycles. The molecule has 0 aliphatic carbocycles. The molecule has 0 unspecified atom stereocenters. The van der Waals surface area contributed by atoms with E-state index < -0.39 is 0 Å². The number of benzene rings is 1. The Labute approximate surface area is 124 Å². The molecule has 1 aromatic carbocycles. The van der Waals surface area contributed by atoms with Gasteiger partial charge in [-0.1, -0.05) is 24.2 Å². The molecule has 0 radical (unpaired) electrons. The highest BCUT2D eigenvalue weighted by Crippen LogP contribution is 2.24. The lowest BCUT2D eigenvalue weighted by atomic mass is 10.2. The number of furan rings is 1. The Kier molecular flexibility index (Phi) is 2.78. The van der Waals surface area contributed by atoms with Crippen LogP contribution < -0.4 is 5.56 Å². The largest absolute Gasteiger partial charge is 0.448 e. The first-order valence-corrected chi connectivity index (χ1v) is 6.94. The van der Waals surface area contributed by atoms with Gasteiger partial charge in [0, 0.05) is 11.8 Å². The molecule has 0 saturated carbocycles. The average molecular weight is 296 g/mol. The Morgan fingerprint density at radius 3 is 2.95 bits per heavy atom. The number of aromatic nitrogens is 4. The topological polar surface area (TPSA) is 87.0 Å². The van der Waals surface area contributed by atoms with Crippen LogP contribution in [0.15, 0.2) is 44.3 Å². The molecule has 0 amide bonds. The minimum absolute atomic E-state index is 0.172. The third-order valence-corrected chi connectivity index (χ3v) is 3.48. The van der Waals surface area contributed by atoms with Crippen molar-refractivity contribution in [2.24, 2.45) is 0 Å². The van der Waals surface area contributed by atoms with Crippen LogP contribution in [0.1, 0.15) is 18.6 Å². The van der Waals surface area contributed by atoms with Gasteiger partial charge in [-0.2, -0.15) is 4.98 Å². The number of fused-ring (bicyclic) bond motifs is 3. The van der Waals surface area contributed by atoms with Crippen LogP contribution in [0.25, 0.3) is 22.1 Å². The van der Waals surface area contributed by atoms with E-state index >= 15 is 0 Å². The number of para-hydroxylation sites is 1. The molecule has 0 bridgehead atoms. The van der Waals surface area contributed by atoms with Crippen molar-refractivity contribution in [2.45, 2.75) is 19.9 Å². The molecule has 0 saturated heterocycles. The van der Waals surface area contributed by atoms with Gasteiger partial charge in [0.25, 0.3) is 5.56 Å². The van der Waals surface area contributed by atoms with Gasteiger partial charge in [-0.25, -0.2) is 4.98 Å². The van der Waals surface area contributed by atoms with Crippen molar-refractivity contribution in [3.63, 3.8) is 0 Å². The van der Waals surface area contributed by atoms with E-state index in [0.717, 1.165) is 5.39 Å². The molecule has 0 aliphatic rings. The number of aryl methyl sites for hydroxylation is 1. The molecular weight excluding hydrogens is 284 g/mol. The van der Waals surface area contributed by atoms with Gasteiger partial charge in [-0.15, -0.1) is 0 Å². The number of hydrogen-bond donors (Lipinski definition) is 0. The molecule has 0 fully saturated rings. The van der Waals surface area contributed by atoms with Crippen molar-refractivity contribution in [1.29, 1.82) is 0 Å². The Balaban J connectivity index is 1.83. The van der Waals surface area contributed by atoms with Crippen LogP contribution in [0.3, 0.4) is 0 Å². The molecule has 0 spiro atoms. The monoisotopic (exact) mass is 296 g/mol. The molecule has 4 aromatic rings. The summed E-state index contributed by atoms with van der Waals surface area (Å²) in [6, 6.07) is 7.43. The van der Waals surface area contributed by atoms with E-state index in [1.165, 1.54) is 10.9 Å². The van der Waals surface area contributed by atoms with Gasteiger partial charge in [-0.05, 0) is 12.1 Å². The van der Waals surface area contributed by atoms with E-state index in [0.29, 0.717) is 29.2 Å². The van der Waals surface area contributed by atoms with Gasteiger partial charge in [0.05, 0.1) is 6.33 Å². The van der Waals surface area contributed by atoms with Crippen LogP contribution in [0.2, 0.25) is 0 Å². The second kappa shape index (κ2) is 4.80. The molecule has 0 N–H and O–H groups in total. The van der Waals surface area contributed by atoms with Crippen molar-refractivity contribution >= 4 is 22.1 Å². The Hall–Kier alpha value is -2.96. The van der Waals surface area contributed by atoms with Crippen molar-refractivity contribution in [3.05, 3.63) is 52.7 Å². The van der Waals surface area contributed by atoms with Gasteiger partial charge in [0.15, 0.2) is 5.82 Å². The van der Waals surface area contributed by atoms with E-state index in [1.807, 2.05) is 31.2 Å². The standard InChI is InChI=1S/C15H12N4O3/c1-2-11-17-12(22-18-11)7-19-8-16-13-9-5-3-4-6-10(9)21-14(13)15(19)20/h3-6,8H,2,7H2,1H3. The van der Waals surface area contributed by atoms with Crippen LogP contribution >= 0.6 is 0 Å². The summed E-state index contributed by atoms with van der Waals surface area (Å²) in [7, 11) is 0. The second-order valence-electron chi connectivity index (χ2n) is 4.91. The summed E-state index contributed by atoms with van der Waals surface area (Å²) in [5.74, 6) is 0.983. The molecule has 7 heteroatoms. The highest BCUT2D eigenvalue weighted by molar-refractivity contribution is 6.01. The van der Waals surface area contributed by atoms with Crippen molar-refractivity contribution in [2.75, 3.05) is 0 Å². The first-order valence-electron chi connectivity index (χ1n) is 6.94. The van der Waals surface area contributed by atoms with E-state index in [2.05, 4.69) is 15.1 Å². The SMILES string of the molecule is CCc1noc(Cn2cnc3c(oc4ccccc43)c2=O)n1. The Morgan fingerprint density at radius 2 is 2.14 bits per heavy atom. The first kappa shape index (κ1) is 12.8. The maximum absolute atomic E-state index is 12.5. The third-order valence-electron chi connectivity index (χ3n) is 3.48. The van der Waals surface area contributed by atoms with Crippen LogP contribution in [-0.2, 0) is 13.0 Å². The molecule has 4 rings (SSSR count). The highest BCUT2D eigenvalue weighted by Gasteiger charge is 2.14. The molecular formula is C15H12N4O3. The van der Waals surface area contributed by atoms with Gasteiger partial charge in [0.2, 0.25) is 11.5 Å². The van der Waals surface area contributed by atoms with Crippen LogP contribution in [-0.4, -0.2) is 19.7 Å². The van der Waals surface area contributed by atoms with E-state index in [9.17, 15) is 4.79 Å². The van der Waals surface area contributed by atoms with Crippen LogP contribution in [0.4, 0.5) is 0 Å². The molecule has 22 heavy (non-hydrogen) atoms. The summed E-state index contributed by atoms with van der Waals surface area (Å²) >= 11 is 0. The fourth-order valence-corrected chi connectivity index (χ4v) is 2.37. The molecule has 0 aliphatic heterocycles. The highest BCUT2D eigenvalue weighted by atomic mass is 16.5. The first-order chi connectivity index (χ1) is 10.8. The van der Waals surface area contributed by atoms with Crippen molar-refractivity contribution < 1.29 is 8.94 Å². The lowest BCUT2D eigenvalue weighted by Gasteiger charge is -1.99. The zero-order valence-corrected chi connectivity index (χ0v) is 11.8. The van der Waals surface area contributed by atoms with Gasteiger partial charge in [0.1, 0.15) is 17.6 Å². The van der Waals surface area contributed by atoms with Crippen LogP contribution in [0, 0.1) is 0 Å². The summed E-state index contributed by atoms with van der Waals surface area (Å²) in [5.41, 5.74) is 1.18. The predicted molar refractivity (Wildman–Crippen MR) is 78.6 cm³/mol. The Morgan fingerprint density at radius 1 is 1.27 bits per heavy atom. The predicted octanol–water partition coefficient (Wildman–Crippen LogP) is 2.14. The maximum Gasteiger partial charge on any atom is 0.297 e. The van der Waals surface area contributed by atoms with Gasteiger partial charge in [-0.3, -0.25) is 9.36 Å². The second-order valence-corrected chi connectivity index (χ2v) is 4.91. The summed E-state index contributed by atoms with van der Waals surface area (Å²) in [6.45, 7) is 2.11. The Bertz CT molecular complexity index is 1030. The average Bonchev–Trinajstić information content (AvgIpc) is 3.14. The molecule has 0 atom stereocenters. The quantitative estimate of drug-likeness (QED) is 0.575. The number of hydrogen-bond acceptors (Lipinski definition) is 6. The van der Waals surface area contributed by atoms with Crippen LogP contribution in [0.5, 0.6) is 0 Å². The zero-order chi connectivity index (χ0) is 15.1. The third kappa shape index (κ3) is 1.90. The maximum atomic E-state index is 12.5. The minimum Gasteiger partial charge on any atom is -0.448 e. The van der Waals surface area contributed by atoms with Crippen molar-refractivity contribution in [1.82, 2.24) is 19.7 Å². The number of rotatable bonds is 3. The van der Waals surface area contributed by atoms with E-state index in [1.54, 1.807) is 0 Å². The number of nitrogens with zero attached hydrogens (tertiary/aromatic N) is 4. The summed E-state index contributed by atoms with van der Waals surface area (Å²) in [4.78, 5) is 21.0. The smallest absolute Gasteiger partial charge is 0.297 e. The summed E-state index contributed by atoms with van der Waals surface area (Å²) < 4.78 is 12.1. The van der Waals surface area contributed by atoms with Crippen molar-refractivity contribution in [3.8, 4) is 0 Å². The fraction of sp³-hybridized carbons (Fsp3) is 0.200. The molecule has 3 heterocycles. The normalized spacial score (nSPS) is 11.5.